The number of aliphatic imine (C=N–C) groups is 1. The molecule has 1 aromatic rings. The van der Waals surface area contributed by atoms with Crippen LogP contribution in [0.1, 0.15) is 25.3 Å². The number of methoxy groups -OCH3 is 1. The highest BCUT2D eigenvalue weighted by Crippen LogP contribution is 2.16. The van der Waals surface area contributed by atoms with Crippen molar-refractivity contribution in [1.82, 2.24) is 20.4 Å². The molecule has 1 amide bonds. The van der Waals surface area contributed by atoms with E-state index in [4.69, 9.17) is 4.74 Å². The van der Waals surface area contributed by atoms with Crippen molar-refractivity contribution in [3.05, 3.63) is 29.8 Å². The third-order valence-electron chi connectivity index (χ3n) is 4.87. The van der Waals surface area contributed by atoms with Crippen molar-refractivity contribution in [2.45, 2.75) is 32.4 Å². The Labute approximate surface area is 185 Å². The van der Waals surface area contributed by atoms with Crippen LogP contribution < -0.4 is 15.4 Å². The van der Waals surface area contributed by atoms with Gasteiger partial charge in [0.25, 0.3) is 0 Å². The molecule has 7 nitrogen and oxygen atoms in total. The van der Waals surface area contributed by atoms with Crippen molar-refractivity contribution in [2.24, 2.45) is 4.99 Å². The summed E-state index contributed by atoms with van der Waals surface area (Å²) in [6, 6.07) is 8.38. The molecular formula is C20H34IN5O2. The first kappa shape index (κ1) is 24.5. The zero-order valence-electron chi connectivity index (χ0n) is 17.4. The zero-order valence-corrected chi connectivity index (χ0v) is 19.7. The number of halogens is 1. The largest absolute Gasteiger partial charge is 0.497 e. The van der Waals surface area contributed by atoms with E-state index in [1.807, 2.05) is 24.3 Å². The number of nitrogens with one attached hydrogen (secondary N) is 2. The number of likely N-dealkylation sites (N-methyl/N-ethyl adjacent to an activating group) is 2. The Morgan fingerprint density at radius 2 is 2.14 bits per heavy atom. The maximum Gasteiger partial charge on any atom is 0.241 e. The van der Waals surface area contributed by atoms with Crippen LogP contribution >= 0.6 is 24.0 Å². The third kappa shape index (κ3) is 7.83. The fourth-order valence-corrected chi connectivity index (χ4v) is 3.19. The summed E-state index contributed by atoms with van der Waals surface area (Å²) in [5.74, 6) is 1.50. The van der Waals surface area contributed by atoms with E-state index >= 15 is 0 Å². The van der Waals surface area contributed by atoms with Crippen molar-refractivity contribution in [1.29, 1.82) is 0 Å². The summed E-state index contributed by atoms with van der Waals surface area (Å²) in [7, 11) is 5.16. The number of hydrogen-bond acceptors (Lipinski definition) is 4. The first-order valence-electron chi connectivity index (χ1n) is 9.62. The quantitative estimate of drug-likeness (QED) is 0.323. The Morgan fingerprint density at radius 3 is 2.82 bits per heavy atom. The molecule has 1 heterocycles. The fourth-order valence-electron chi connectivity index (χ4n) is 3.19. The van der Waals surface area contributed by atoms with Crippen LogP contribution in [0.15, 0.2) is 29.3 Å². The minimum Gasteiger partial charge on any atom is -0.497 e. The number of rotatable bonds is 8. The Kier molecular flexibility index (Phi) is 11.2. The molecule has 0 spiro atoms. The van der Waals surface area contributed by atoms with Crippen LogP contribution in [0.5, 0.6) is 5.75 Å². The lowest BCUT2D eigenvalue weighted by Gasteiger charge is -2.24. The average Bonchev–Trinajstić information content (AvgIpc) is 3.14. The van der Waals surface area contributed by atoms with Gasteiger partial charge in [-0.05, 0) is 43.6 Å². The third-order valence-corrected chi connectivity index (χ3v) is 4.87. The molecule has 1 aliphatic heterocycles. The molecule has 2 N–H and O–H groups in total. The van der Waals surface area contributed by atoms with Gasteiger partial charge in [-0.25, -0.2) is 4.99 Å². The minimum absolute atomic E-state index is 0. The predicted octanol–water partition coefficient (Wildman–Crippen LogP) is 1.92. The van der Waals surface area contributed by atoms with Crippen LogP contribution in [0.4, 0.5) is 0 Å². The number of guanidine groups is 1. The summed E-state index contributed by atoms with van der Waals surface area (Å²) in [6.45, 7) is 5.99. The molecule has 28 heavy (non-hydrogen) atoms. The second-order valence-electron chi connectivity index (χ2n) is 6.96. The second kappa shape index (κ2) is 12.8. The Balaban J connectivity index is 0.00000392. The number of ether oxygens (including phenoxy) is 1. The number of nitrogens with zero attached hydrogens (tertiary/aromatic N) is 3. The predicted molar refractivity (Wildman–Crippen MR) is 125 cm³/mol. The highest BCUT2D eigenvalue weighted by molar-refractivity contribution is 14.0. The normalized spacial score (nSPS) is 17.0. The van der Waals surface area contributed by atoms with Crippen LogP contribution in [0.2, 0.25) is 0 Å². The van der Waals surface area contributed by atoms with Gasteiger partial charge in [-0.3, -0.25) is 9.69 Å². The maximum absolute atomic E-state index is 11.9. The van der Waals surface area contributed by atoms with Gasteiger partial charge in [0.1, 0.15) is 5.75 Å². The van der Waals surface area contributed by atoms with Crippen LogP contribution in [0.3, 0.4) is 0 Å². The van der Waals surface area contributed by atoms with E-state index in [-0.39, 0.29) is 36.4 Å². The van der Waals surface area contributed by atoms with Crippen molar-refractivity contribution >= 4 is 35.8 Å². The van der Waals surface area contributed by atoms with Crippen molar-refractivity contribution in [2.75, 3.05) is 47.4 Å². The van der Waals surface area contributed by atoms with Gasteiger partial charge in [0.2, 0.25) is 5.91 Å². The summed E-state index contributed by atoms with van der Waals surface area (Å²) in [5, 5.41) is 6.57. The summed E-state index contributed by atoms with van der Waals surface area (Å²) >= 11 is 0. The molecule has 0 aromatic heterocycles. The molecule has 0 aliphatic carbocycles. The molecule has 1 aromatic carbocycles. The number of benzene rings is 1. The number of likely N-dealkylation sites (tertiary alicyclic amines) is 1. The smallest absolute Gasteiger partial charge is 0.241 e. The van der Waals surface area contributed by atoms with E-state index in [1.54, 1.807) is 26.1 Å². The lowest BCUT2D eigenvalue weighted by Crippen LogP contribution is -2.47. The standard InChI is InChI=1S/C20H33N5O2.HI/c1-5-25-11-7-9-17(25)14-22-20(23-15-19(26)24(2)3)21-13-16-8-6-10-18(12-16)27-4;/h6,8,10,12,17H,5,7,9,11,13-15H2,1-4H3,(H2,21,22,23);1H. The van der Waals surface area contributed by atoms with Crippen molar-refractivity contribution < 1.29 is 9.53 Å². The second-order valence-corrected chi connectivity index (χ2v) is 6.96. The molecule has 1 fully saturated rings. The van der Waals surface area contributed by atoms with Crippen molar-refractivity contribution in [3.8, 4) is 5.75 Å². The Bertz CT molecular complexity index is 639. The van der Waals surface area contributed by atoms with E-state index in [1.165, 1.54) is 12.8 Å². The summed E-state index contributed by atoms with van der Waals surface area (Å²) in [4.78, 5) is 20.6. The molecule has 158 valence electrons. The topological polar surface area (TPSA) is 69.2 Å². The first-order chi connectivity index (χ1) is 13.0. The van der Waals surface area contributed by atoms with Crippen molar-refractivity contribution in [3.63, 3.8) is 0 Å². The van der Waals surface area contributed by atoms with Gasteiger partial charge in [-0.1, -0.05) is 19.1 Å². The lowest BCUT2D eigenvalue weighted by molar-refractivity contribution is -0.127. The molecule has 1 unspecified atom stereocenters. The molecule has 1 atom stereocenters. The monoisotopic (exact) mass is 503 g/mol. The minimum atomic E-state index is 0. The first-order valence-corrected chi connectivity index (χ1v) is 9.62. The van der Waals surface area contributed by atoms with Crippen LogP contribution in [-0.4, -0.2) is 75.1 Å². The van der Waals surface area contributed by atoms with Crippen LogP contribution in [-0.2, 0) is 11.3 Å². The highest BCUT2D eigenvalue weighted by atomic mass is 127. The average molecular weight is 503 g/mol. The highest BCUT2D eigenvalue weighted by Gasteiger charge is 2.22. The summed E-state index contributed by atoms with van der Waals surface area (Å²) < 4.78 is 5.27. The van der Waals surface area contributed by atoms with Gasteiger partial charge in [0.15, 0.2) is 5.96 Å². The maximum atomic E-state index is 11.9. The molecule has 0 saturated carbocycles. The Hall–Kier alpha value is -1.55. The van der Waals surface area contributed by atoms with E-state index in [0.29, 0.717) is 18.5 Å². The van der Waals surface area contributed by atoms with E-state index < -0.39 is 0 Å². The number of amides is 1. The molecule has 1 aliphatic rings. The summed E-state index contributed by atoms with van der Waals surface area (Å²) in [5.41, 5.74) is 1.06. The number of hydrogen-bond donors (Lipinski definition) is 2. The summed E-state index contributed by atoms with van der Waals surface area (Å²) in [6.07, 6.45) is 2.43. The molecular weight excluding hydrogens is 469 g/mol. The van der Waals surface area contributed by atoms with Gasteiger partial charge in [-0.2, -0.15) is 0 Å². The molecule has 0 bridgehead atoms. The number of carbonyl (C=O) groups is 1. The van der Waals surface area contributed by atoms with E-state index in [0.717, 1.165) is 30.9 Å². The zero-order chi connectivity index (χ0) is 19.6. The molecule has 0 radical (unpaired) electrons. The van der Waals surface area contributed by atoms with Crippen LogP contribution in [0.25, 0.3) is 0 Å². The molecule has 2 rings (SSSR count). The molecule has 1 saturated heterocycles. The van der Waals surface area contributed by atoms with Gasteiger partial charge in [0.05, 0.1) is 20.2 Å². The van der Waals surface area contributed by atoms with Gasteiger partial charge in [-0.15, -0.1) is 24.0 Å². The van der Waals surface area contributed by atoms with Gasteiger partial charge in [0, 0.05) is 26.7 Å². The number of carbonyl (C=O) groups excluding carboxylic acids is 1. The van der Waals surface area contributed by atoms with Gasteiger partial charge < -0.3 is 20.3 Å². The van der Waals surface area contributed by atoms with E-state index in [2.05, 4.69) is 27.4 Å². The lowest BCUT2D eigenvalue weighted by atomic mass is 10.2. The van der Waals surface area contributed by atoms with E-state index in [9.17, 15) is 4.79 Å². The SMILES string of the molecule is CCN1CCCC1CNC(=NCc1cccc(OC)c1)NCC(=O)N(C)C.I. The Morgan fingerprint density at radius 1 is 1.36 bits per heavy atom. The fraction of sp³-hybridized carbons (Fsp3) is 0.600. The van der Waals surface area contributed by atoms with Crippen LogP contribution in [0, 0.1) is 0 Å². The van der Waals surface area contributed by atoms with Gasteiger partial charge >= 0.3 is 0 Å². The molecule has 8 heteroatoms.